The predicted octanol–water partition coefficient (Wildman–Crippen LogP) is 6.48. The van der Waals surface area contributed by atoms with Crippen molar-refractivity contribution >= 4 is 34.8 Å². The number of hydrogen-bond donors (Lipinski definition) is 3. The smallest absolute Gasteiger partial charge is 0.357 e. The second kappa shape index (κ2) is 13.6. The number of carbonyl (C=O) groups excluding carboxylic acids is 3. The summed E-state index contributed by atoms with van der Waals surface area (Å²) in [4.78, 5) is 46.5. The van der Waals surface area contributed by atoms with Crippen molar-refractivity contribution in [3.63, 3.8) is 0 Å². The van der Waals surface area contributed by atoms with E-state index in [0.717, 1.165) is 52.0 Å². The number of thiophene rings is 1. The topological polar surface area (TPSA) is 156 Å². The molecule has 0 saturated heterocycles. The summed E-state index contributed by atoms with van der Waals surface area (Å²) >= 11 is 1.57. The molecule has 246 valence electrons. The molecular weight excluding hydrogens is 627 g/mol. The number of hydrogen-bond acceptors (Lipinski definition) is 9. The number of nitrogens with one attached hydrogen (secondary N) is 2. The summed E-state index contributed by atoms with van der Waals surface area (Å²) in [7, 11) is 1.23. The molecule has 11 heteroatoms. The minimum absolute atomic E-state index is 0.0363. The maximum absolute atomic E-state index is 14.3. The van der Waals surface area contributed by atoms with Gasteiger partial charge in [-0.25, -0.2) is 9.78 Å². The van der Waals surface area contributed by atoms with E-state index in [1.165, 1.54) is 13.2 Å². The van der Waals surface area contributed by atoms with Crippen molar-refractivity contribution in [1.29, 1.82) is 5.26 Å². The number of fused-ring (bicyclic) bond motifs is 3. The first-order chi connectivity index (χ1) is 23.2. The normalized spacial score (nSPS) is 14.7. The molecule has 48 heavy (non-hydrogen) atoms. The van der Waals surface area contributed by atoms with Gasteiger partial charge in [-0.05, 0) is 84.7 Å². The van der Waals surface area contributed by atoms with Gasteiger partial charge >= 0.3 is 5.97 Å². The number of aromatic nitrogens is 1. The standard InChI is InChI=1S/C37H37N5O5S/c1-21-15-23(19-38)16-22(2)31(21)41-34(43)27-17-28-30(47-13-9-24-10-14-48-33(24)28)18-26(27)25-7-8-29(40-32(25)36(45)46-3)35(44)42-37(20-39)11-5-4-6-12-37/h7-8,10,14-18H,4-6,9,11-13,19,38H2,1-3H3,(H,41,43)(H,42,44). The van der Waals surface area contributed by atoms with Crippen LogP contribution >= 0.6 is 11.3 Å². The lowest BCUT2D eigenvalue weighted by molar-refractivity contribution is 0.0594. The Hall–Kier alpha value is -5.05. The van der Waals surface area contributed by atoms with E-state index in [9.17, 15) is 19.6 Å². The number of nitrogens with two attached hydrogens (primary N) is 1. The van der Waals surface area contributed by atoms with Crippen molar-refractivity contribution in [2.24, 2.45) is 5.73 Å². The van der Waals surface area contributed by atoms with Crippen LogP contribution in [0.3, 0.4) is 0 Å². The molecule has 2 amide bonds. The largest absolute Gasteiger partial charge is 0.493 e. The average Bonchev–Trinajstić information content (AvgIpc) is 3.50. The zero-order valence-electron chi connectivity index (χ0n) is 27.2. The van der Waals surface area contributed by atoms with Crippen molar-refractivity contribution in [3.8, 4) is 33.4 Å². The molecule has 4 aromatic rings. The third-order valence-electron chi connectivity index (χ3n) is 9.12. The van der Waals surface area contributed by atoms with Gasteiger partial charge in [-0.15, -0.1) is 11.3 Å². The number of ether oxygens (including phenoxy) is 2. The van der Waals surface area contributed by atoms with Crippen LogP contribution in [0, 0.1) is 25.2 Å². The number of amides is 2. The molecule has 10 nitrogen and oxygen atoms in total. The number of nitrogens with zero attached hydrogens (tertiary/aromatic N) is 2. The Balaban J connectivity index is 1.48. The minimum atomic E-state index is -0.986. The lowest BCUT2D eigenvalue weighted by atomic mass is 9.83. The summed E-state index contributed by atoms with van der Waals surface area (Å²) in [5.74, 6) is -1.17. The summed E-state index contributed by atoms with van der Waals surface area (Å²) in [6.07, 6.45) is 4.48. The number of aryl methyl sites for hydroxylation is 2. The zero-order chi connectivity index (χ0) is 34.0. The Morgan fingerprint density at radius 1 is 1.02 bits per heavy atom. The highest BCUT2D eigenvalue weighted by atomic mass is 32.1. The Labute approximate surface area is 283 Å². The number of benzene rings is 2. The number of rotatable bonds is 7. The first-order valence-electron chi connectivity index (χ1n) is 16.0. The summed E-state index contributed by atoms with van der Waals surface area (Å²) in [6.45, 7) is 4.65. The van der Waals surface area contributed by atoms with Gasteiger partial charge < -0.3 is 25.8 Å². The number of methoxy groups -OCH3 is 1. The van der Waals surface area contributed by atoms with Crippen LogP contribution in [0.25, 0.3) is 21.6 Å². The molecule has 0 unspecified atom stereocenters. The summed E-state index contributed by atoms with van der Waals surface area (Å²) < 4.78 is 11.3. The molecule has 0 bridgehead atoms. The highest BCUT2D eigenvalue weighted by Gasteiger charge is 2.35. The van der Waals surface area contributed by atoms with Gasteiger partial charge in [-0.3, -0.25) is 9.59 Å². The first-order valence-corrected chi connectivity index (χ1v) is 16.9. The van der Waals surface area contributed by atoms with Gasteiger partial charge in [0.25, 0.3) is 11.8 Å². The van der Waals surface area contributed by atoms with Gasteiger partial charge in [0, 0.05) is 45.8 Å². The maximum atomic E-state index is 14.3. The van der Waals surface area contributed by atoms with E-state index in [1.54, 1.807) is 29.5 Å². The number of esters is 1. The van der Waals surface area contributed by atoms with E-state index < -0.39 is 23.3 Å². The van der Waals surface area contributed by atoms with Crippen LogP contribution in [0.2, 0.25) is 0 Å². The molecule has 1 fully saturated rings. The van der Waals surface area contributed by atoms with E-state index in [2.05, 4.69) is 27.8 Å². The first kappa shape index (κ1) is 32.9. The summed E-state index contributed by atoms with van der Waals surface area (Å²) in [5.41, 5.74) is 10.9. The van der Waals surface area contributed by atoms with Crippen LogP contribution in [-0.2, 0) is 17.7 Å². The predicted molar refractivity (Wildman–Crippen MR) is 184 cm³/mol. The number of anilines is 1. The van der Waals surface area contributed by atoms with Gasteiger partial charge in [-0.2, -0.15) is 5.26 Å². The van der Waals surface area contributed by atoms with Crippen LogP contribution in [-0.4, -0.2) is 42.0 Å². The number of pyridine rings is 1. The third kappa shape index (κ3) is 6.29. The van der Waals surface area contributed by atoms with Crippen molar-refractivity contribution in [3.05, 3.63) is 87.0 Å². The van der Waals surface area contributed by atoms with E-state index in [0.29, 0.717) is 55.0 Å². The minimum Gasteiger partial charge on any atom is -0.493 e. The fourth-order valence-electron chi connectivity index (χ4n) is 6.63. The second-order valence-electron chi connectivity index (χ2n) is 12.3. The van der Waals surface area contributed by atoms with Crippen LogP contribution in [0.5, 0.6) is 5.75 Å². The Morgan fingerprint density at radius 2 is 1.77 bits per heavy atom. The van der Waals surface area contributed by atoms with Crippen molar-refractivity contribution in [2.75, 3.05) is 19.0 Å². The molecule has 4 N–H and O–H groups in total. The molecule has 3 heterocycles. The van der Waals surface area contributed by atoms with E-state index >= 15 is 0 Å². The number of nitriles is 1. The highest BCUT2D eigenvalue weighted by Crippen LogP contribution is 2.43. The molecule has 1 saturated carbocycles. The summed E-state index contributed by atoms with van der Waals surface area (Å²) in [5, 5.41) is 17.9. The van der Waals surface area contributed by atoms with Gasteiger partial charge in [0.2, 0.25) is 0 Å². The van der Waals surface area contributed by atoms with Crippen molar-refractivity contribution in [1.82, 2.24) is 10.3 Å². The van der Waals surface area contributed by atoms with Gasteiger partial charge in [0.05, 0.1) is 19.8 Å². The zero-order valence-corrected chi connectivity index (χ0v) is 28.0. The van der Waals surface area contributed by atoms with Crippen LogP contribution in [0.15, 0.2) is 47.8 Å². The van der Waals surface area contributed by atoms with Crippen LogP contribution in [0.1, 0.15) is 85.7 Å². The fraction of sp³-hybridized carbons (Fsp3) is 0.324. The Bertz CT molecular complexity index is 1950. The quantitative estimate of drug-likeness (QED) is 0.190. The average molecular weight is 664 g/mol. The molecule has 1 aliphatic carbocycles. The van der Waals surface area contributed by atoms with Crippen molar-refractivity contribution < 1.29 is 23.9 Å². The molecular formula is C37H37N5O5S. The lowest BCUT2D eigenvalue weighted by Crippen LogP contribution is -2.48. The molecule has 2 aromatic heterocycles. The molecule has 1 aliphatic heterocycles. The maximum Gasteiger partial charge on any atom is 0.357 e. The monoisotopic (exact) mass is 663 g/mol. The molecule has 0 atom stereocenters. The van der Waals surface area contributed by atoms with Gasteiger partial charge in [0.1, 0.15) is 17.0 Å². The molecule has 6 rings (SSSR count). The fourth-order valence-corrected chi connectivity index (χ4v) is 7.61. The summed E-state index contributed by atoms with van der Waals surface area (Å²) in [6, 6.07) is 14.9. The van der Waals surface area contributed by atoms with Crippen LogP contribution < -0.4 is 21.1 Å². The molecule has 0 spiro atoms. The Kier molecular flexibility index (Phi) is 9.31. The van der Waals surface area contributed by atoms with Crippen LogP contribution in [0.4, 0.5) is 5.69 Å². The lowest BCUT2D eigenvalue weighted by Gasteiger charge is -2.31. The van der Waals surface area contributed by atoms with E-state index in [4.69, 9.17) is 15.2 Å². The van der Waals surface area contributed by atoms with Crippen molar-refractivity contribution in [2.45, 2.75) is 64.5 Å². The second-order valence-corrected chi connectivity index (χ2v) is 13.2. The highest BCUT2D eigenvalue weighted by molar-refractivity contribution is 7.13. The van der Waals surface area contributed by atoms with E-state index in [-0.39, 0.29) is 17.0 Å². The number of carbonyl (C=O) groups is 3. The Morgan fingerprint density at radius 3 is 2.46 bits per heavy atom. The van der Waals surface area contributed by atoms with Gasteiger partial charge in [-0.1, -0.05) is 31.4 Å². The molecule has 0 radical (unpaired) electrons. The van der Waals surface area contributed by atoms with Gasteiger partial charge in [0.15, 0.2) is 5.69 Å². The molecule has 2 aliphatic rings. The SMILES string of the molecule is COC(=O)c1nc(C(=O)NC2(C#N)CCCCC2)ccc1-c1cc2c(cc1C(=O)Nc1c(C)cc(CN)cc1C)-c1sccc1CCO2. The third-order valence-corrected chi connectivity index (χ3v) is 10.1. The van der Waals surface area contributed by atoms with E-state index in [1.807, 2.05) is 31.4 Å². The molecule has 2 aromatic carbocycles.